The maximum atomic E-state index is 12.5. The highest BCUT2D eigenvalue weighted by atomic mass is 16.4. The van der Waals surface area contributed by atoms with Gasteiger partial charge in [-0.1, -0.05) is 30.3 Å². The maximum Gasteiger partial charge on any atom is 0.166 e. The highest BCUT2D eigenvalue weighted by molar-refractivity contribution is 6.00. The molecule has 3 heteroatoms. The number of aliphatic carboxylic acids is 1. The first kappa shape index (κ1) is 11.5. The lowest BCUT2D eigenvalue weighted by Crippen LogP contribution is -2.42. The lowest BCUT2D eigenvalue weighted by Gasteiger charge is -2.30. The van der Waals surface area contributed by atoms with E-state index in [4.69, 9.17) is 0 Å². The lowest BCUT2D eigenvalue weighted by atomic mass is 9.75. The molecule has 3 rings (SSSR count). The maximum absolute atomic E-state index is 12.5. The molecule has 2 fully saturated rings. The number of hydrogen-bond donors (Lipinski definition) is 0. The Kier molecular flexibility index (Phi) is 2.69. The van der Waals surface area contributed by atoms with Crippen molar-refractivity contribution in [3.05, 3.63) is 35.9 Å². The van der Waals surface area contributed by atoms with Crippen LogP contribution in [0.15, 0.2) is 30.3 Å². The standard InChI is InChI=1S/C15H16O3/c16-14(9-4-2-1-3-5-9)12-10-6-7-11(8-10)13(12)15(17)18/h1-5,10-13H,6-8H2,(H,17,18)/p-1/t10-,11-,12+,13-/m0/s1. The van der Waals surface area contributed by atoms with Crippen LogP contribution >= 0.6 is 0 Å². The summed E-state index contributed by atoms with van der Waals surface area (Å²) in [7, 11) is 0. The highest BCUT2D eigenvalue weighted by Crippen LogP contribution is 2.53. The SMILES string of the molecule is O=C(c1ccccc1)[C@@H]1[C@H]2CC[C@@H](C2)[C@@H]1C(=O)[O-]. The molecule has 18 heavy (non-hydrogen) atoms. The summed E-state index contributed by atoms with van der Waals surface area (Å²) in [4.78, 5) is 23.7. The molecule has 0 heterocycles. The second-order valence-corrected chi connectivity index (χ2v) is 5.43. The Morgan fingerprint density at radius 3 is 2.22 bits per heavy atom. The molecule has 1 aromatic rings. The normalized spacial score (nSPS) is 33.6. The van der Waals surface area contributed by atoms with Crippen molar-refractivity contribution in [1.82, 2.24) is 0 Å². The van der Waals surface area contributed by atoms with Gasteiger partial charge in [-0.15, -0.1) is 0 Å². The molecule has 0 aliphatic heterocycles. The third-order valence-electron chi connectivity index (χ3n) is 4.55. The van der Waals surface area contributed by atoms with E-state index in [1.165, 1.54) is 0 Å². The molecular formula is C15H15O3-. The minimum atomic E-state index is -1.04. The molecule has 0 amide bonds. The van der Waals surface area contributed by atoms with E-state index in [0.717, 1.165) is 19.3 Å². The topological polar surface area (TPSA) is 57.2 Å². The van der Waals surface area contributed by atoms with Crippen LogP contribution in [-0.4, -0.2) is 11.8 Å². The molecule has 2 saturated carbocycles. The number of fused-ring (bicyclic) bond motifs is 2. The molecule has 4 atom stereocenters. The average molecular weight is 243 g/mol. The van der Waals surface area contributed by atoms with Crippen LogP contribution in [-0.2, 0) is 4.79 Å². The fourth-order valence-corrected chi connectivity index (χ4v) is 3.80. The zero-order valence-corrected chi connectivity index (χ0v) is 10.0. The van der Waals surface area contributed by atoms with E-state index in [-0.39, 0.29) is 23.5 Å². The summed E-state index contributed by atoms with van der Waals surface area (Å²) in [5.41, 5.74) is 0.626. The molecule has 0 unspecified atom stereocenters. The van der Waals surface area contributed by atoms with Gasteiger partial charge in [-0.3, -0.25) is 4.79 Å². The number of rotatable bonds is 3. The minimum absolute atomic E-state index is 0.0167. The van der Waals surface area contributed by atoms with Crippen molar-refractivity contribution in [3.8, 4) is 0 Å². The van der Waals surface area contributed by atoms with Crippen molar-refractivity contribution in [3.63, 3.8) is 0 Å². The second kappa shape index (κ2) is 4.23. The summed E-state index contributed by atoms with van der Waals surface area (Å²) < 4.78 is 0. The number of carbonyl (C=O) groups is 2. The van der Waals surface area contributed by atoms with E-state index >= 15 is 0 Å². The number of benzene rings is 1. The second-order valence-electron chi connectivity index (χ2n) is 5.43. The Bertz CT molecular complexity index is 480. The quantitative estimate of drug-likeness (QED) is 0.751. The van der Waals surface area contributed by atoms with Crippen LogP contribution in [0.5, 0.6) is 0 Å². The third-order valence-corrected chi connectivity index (χ3v) is 4.55. The molecule has 2 bridgehead atoms. The van der Waals surface area contributed by atoms with Crippen LogP contribution in [0.2, 0.25) is 0 Å². The van der Waals surface area contributed by atoms with E-state index in [9.17, 15) is 14.7 Å². The Morgan fingerprint density at radius 1 is 1.00 bits per heavy atom. The largest absolute Gasteiger partial charge is 0.550 e. The van der Waals surface area contributed by atoms with E-state index in [1.807, 2.05) is 18.2 Å². The lowest BCUT2D eigenvalue weighted by molar-refractivity contribution is -0.314. The number of carboxylic acids is 1. The smallest absolute Gasteiger partial charge is 0.166 e. The summed E-state index contributed by atoms with van der Waals surface area (Å²) in [6.07, 6.45) is 2.79. The van der Waals surface area contributed by atoms with Gasteiger partial charge in [-0.25, -0.2) is 0 Å². The molecule has 2 aliphatic rings. The first-order valence-electron chi connectivity index (χ1n) is 6.48. The van der Waals surface area contributed by atoms with Crippen LogP contribution in [0.3, 0.4) is 0 Å². The van der Waals surface area contributed by atoms with E-state index in [1.54, 1.807) is 12.1 Å². The summed E-state index contributed by atoms with van der Waals surface area (Å²) in [5, 5.41) is 11.3. The van der Waals surface area contributed by atoms with Gasteiger partial charge >= 0.3 is 0 Å². The number of carboxylic acid groups (broad SMARTS) is 1. The number of hydrogen-bond acceptors (Lipinski definition) is 3. The van der Waals surface area contributed by atoms with Crippen molar-refractivity contribution in [2.24, 2.45) is 23.7 Å². The van der Waals surface area contributed by atoms with Crippen LogP contribution in [0.4, 0.5) is 0 Å². The van der Waals surface area contributed by atoms with Crippen LogP contribution in [0, 0.1) is 23.7 Å². The third kappa shape index (κ3) is 1.65. The van der Waals surface area contributed by atoms with Crippen molar-refractivity contribution < 1.29 is 14.7 Å². The first-order valence-corrected chi connectivity index (χ1v) is 6.48. The van der Waals surface area contributed by atoms with Crippen molar-refractivity contribution in [1.29, 1.82) is 0 Å². The Hall–Kier alpha value is -1.64. The zero-order valence-electron chi connectivity index (χ0n) is 10.0. The molecule has 2 aliphatic carbocycles. The molecule has 0 saturated heterocycles. The minimum Gasteiger partial charge on any atom is -0.550 e. The van der Waals surface area contributed by atoms with Crippen molar-refractivity contribution >= 4 is 11.8 Å². The van der Waals surface area contributed by atoms with E-state index < -0.39 is 11.9 Å². The first-order chi connectivity index (χ1) is 8.68. The van der Waals surface area contributed by atoms with Crippen molar-refractivity contribution in [2.75, 3.05) is 0 Å². The Labute approximate surface area is 106 Å². The fraction of sp³-hybridized carbons (Fsp3) is 0.467. The van der Waals surface area contributed by atoms with Gasteiger partial charge in [-0.05, 0) is 31.1 Å². The summed E-state index contributed by atoms with van der Waals surface area (Å²) in [6.45, 7) is 0. The Balaban J connectivity index is 1.91. The molecular weight excluding hydrogens is 228 g/mol. The predicted molar refractivity (Wildman–Crippen MR) is 63.6 cm³/mol. The van der Waals surface area contributed by atoms with Gasteiger partial charge in [0.15, 0.2) is 5.78 Å². The summed E-state index contributed by atoms with van der Waals surface area (Å²) >= 11 is 0. The predicted octanol–water partition coefficient (Wildman–Crippen LogP) is 1.28. The Morgan fingerprint density at radius 2 is 1.61 bits per heavy atom. The monoisotopic (exact) mass is 243 g/mol. The van der Waals surface area contributed by atoms with E-state index in [2.05, 4.69) is 0 Å². The molecule has 3 nitrogen and oxygen atoms in total. The fourth-order valence-electron chi connectivity index (χ4n) is 3.80. The van der Waals surface area contributed by atoms with Gasteiger partial charge in [0.25, 0.3) is 0 Å². The van der Waals surface area contributed by atoms with E-state index in [0.29, 0.717) is 5.56 Å². The molecule has 1 aromatic carbocycles. The van der Waals surface area contributed by atoms with Crippen LogP contribution in [0.25, 0.3) is 0 Å². The van der Waals surface area contributed by atoms with Gasteiger partial charge in [0.2, 0.25) is 0 Å². The zero-order chi connectivity index (χ0) is 12.7. The average Bonchev–Trinajstić information content (AvgIpc) is 2.99. The van der Waals surface area contributed by atoms with Gasteiger partial charge in [0, 0.05) is 23.4 Å². The molecule has 94 valence electrons. The van der Waals surface area contributed by atoms with Crippen LogP contribution < -0.4 is 5.11 Å². The molecule has 0 spiro atoms. The van der Waals surface area contributed by atoms with Crippen LogP contribution in [0.1, 0.15) is 29.6 Å². The number of carbonyl (C=O) groups excluding carboxylic acids is 2. The number of ketones is 1. The highest BCUT2D eigenvalue weighted by Gasteiger charge is 2.51. The van der Waals surface area contributed by atoms with Gasteiger partial charge in [0.05, 0.1) is 0 Å². The summed E-state index contributed by atoms with van der Waals surface area (Å²) in [5.74, 6) is -1.61. The summed E-state index contributed by atoms with van der Waals surface area (Å²) in [6, 6.07) is 9.01. The molecule has 0 N–H and O–H groups in total. The molecule has 0 aromatic heterocycles. The molecule has 0 radical (unpaired) electrons. The van der Waals surface area contributed by atoms with Gasteiger partial charge in [0.1, 0.15) is 0 Å². The number of Topliss-reactive ketones (excluding diaryl/α,β-unsaturated/α-hetero) is 1. The van der Waals surface area contributed by atoms with Crippen molar-refractivity contribution in [2.45, 2.75) is 19.3 Å². The van der Waals surface area contributed by atoms with Gasteiger partial charge in [-0.2, -0.15) is 0 Å². The van der Waals surface area contributed by atoms with Gasteiger partial charge < -0.3 is 9.90 Å².